The Morgan fingerprint density at radius 2 is 2.19 bits per heavy atom. The molecule has 1 aromatic carbocycles. The number of carbonyl (C=O) groups excluding carboxylic acids is 1. The summed E-state index contributed by atoms with van der Waals surface area (Å²) in [5.74, 6) is 0.971. The van der Waals surface area contributed by atoms with E-state index in [-0.39, 0.29) is 11.8 Å². The first kappa shape index (κ1) is 15.4. The van der Waals surface area contributed by atoms with Gasteiger partial charge in [-0.05, 0) is 37.3 Å². The van der Waals surface area contributed by atoms with Crippen LogP contribution in [0.4, 0.5) is 0 Å². The Kier molecular flexibility index (Phi) is 4.88. The maximum atomic E-state index is 11.0. The zero-order valence-corrected chi connectivity index (χ0v) is 12.6. The predicted octanol–water partition coefficient (Wildman–Crippen LogP) is 2.89. The van der Waals surface area contributed by atoms with E-state index in [1.807, 2.05) is 19.1 Å². The lowest BCUT2D eigenvalue weighted by molar-refractivity contribution is 0.0972. The van der Waals surface area contributed by atoms with Gasteiger partial charge in [0.25, 0.3) is 5.91 Å². The molecule has 1 amide bonds. The van der Waals surface area contributed by atoms with Crippen LogP contribution in [0, 0.1) is 0 Å². The first-order chi connectivity index (χ1) is 10.0. The van der Waals surface area contributed by atoms with Crippen LogP contribution in [0.15, 0.2) is 34.7 Å². The zero-order chi connectivity index (χ0) is 15.4. The Morgan fingerprint density at radius 3 is 2.81 bits per heavy atom. The summed E-state index contributed by atoms with van der Waals surface area (Å²) in [5, 5.41) is 3.93. The Balaban J connectivity index is 2.05. The summed E-state index contributed by atoms with van der Waals surface area (Å²) in [6, 6.07) is 8.74. The van der Waals surface area contributed by atoms with Gasteiger partial charge in [0, 0.05) is 16.6 Å². The smallest absolute Gasteiger partial charge is 0.284 e. The van der Waals surface area contributed by atoms with Gasteiger partial charge in [-0.25, -0.2) is 0 Å². The van der Waals surface area contributed by atoms with E-state index in [1.165, 1.54) is 0 Å². The fourth-order valence-electron chi connectivity index (χ4n) is 2.01. The number of nitrogens with one attached hydrogen (secondary N) is 1. The minimum Gasteiger partial charge on any atom is -0.496 e. The van der Waals surface area contributed by atoms with Crippen molar-refractivity contribution in [2.75, 3.05) is 7.11 Å². The van der Waals surface area contributed by atoms with Gasteiger partial charge < -0.3 is 20.2 Å². The lowest BCUT2D eigenvalue weighted by Gasteiger charge is -2.17. The molecule has 0 radical (unpaired) electrons. The van der Waals surface area contributed by atoms with Gasteiger partial charge in [0.2, 0.25) is 0 Å². The third kappa shape index (κ3) is 3.77. The number of carbonyl (C=O) groups is 1. The summed E-state index contributed by atoms with van der Waals surface area (Å²) >= 11 is 6.02. The first-order valence-electron chi connectivity index (χ1n) is 6.46. The normalized spacial score (nSPS) is 12.1. The molecule has 0 unspecified atom stereocenters. The molecule has 0 saturated carbocycles. The standard InChI is InChI=1S/C15H17ClN2O3/c1-9(12-7-10(16)3-5-13(12)20-2)18-8-11-4-6-14(21-11)15(17)19/h3-7,9,18H,8H2,1-2H3,(H2,17,19)/t9-/m1/s1. The molecular weight excluding hydrogens is 292 g/mol. The SMILES string of the molecule is COc1ccc(Cl)cc1[C@@H](C)NCc1ccc(C(N)=O)o1. The second-order valence-electron chi connectivity index (χ2n) is 4.62. The van der Waals surface area contributed by atoms with Crippen molar-refractivity contribution in [3.05, 3.63) is 52.4 Å². The number of primary amides is 1. The Bertz CT molecular complexity index is 640. The largest absolute Gasteiger partial charge is 0.496 e. The second-order valence-corrected chi connectivity index (χ2v) is 5.06. The van der Waals surface area contributed by atoms with Crippen molar-refractivity contribution in [3.8, 4) is 5.75 Å². The van der Waals surface area contributed by atoms with E-state index in [0.717, 1.165) is 11.3 Å². The van der Waals surface area contributed by atoms with Crippen LogP contribution in [0.3, 0.4) is 0 Å². The number of amides is 1. The number of rotatable bonds is 6. The molecule has 0 aliphatic carbocycles. The van der Waals surface area contributed by atoms with E-state index < -0.39 is 5.91 Å². The maximum Gasteiger partial charge on any atom is 0.284 e. The zero-order valence-electron chi connectivity index (χ0n) is 11.9. The van der Waals surface area contributed by atoms with E-state index in [2.05, 4.69) is 5.32 Å². The number of benzene rings is 1. The molecule has 5 nitrogen and oxygen atoms in total. The van der Waals surface area contributed by atoms with Gasteiger partial charge in [0.05, 0.1) is 13.7 Å². The molecule has 3 N–H and O–H groups in total. The van der Waals surface area contributed by atoms with Crippen molar-refractivity contribution in [2.24, 2.45) is 5.73 Å². The second kappa shape index (κ2) is 6.65. The van der Waals surface area contributed by atoms with Crippen molar-refractivity contribution in [1.82, 2.24) is 5.32 Å². The molecule has 21 heavy (non-hydrogen) atoms. The van der Waals surface area contributed by atoms with Crippen molar-refractivity contribution in [3.63, 3.8) is 0 Å². The van der Waals surface area contributed by atoms with Crippen LogP contribution >= 0.6 is 11.6 Å². The molecule has 6 heteroatoms. The van der Waals surface area contributed by atoms with Gasteiger partial charge in [-0.2, -0.15) is 0 Å². The predicted molar refractivity (Wildman–Crippen MR) is 80.5 cm³/mol. The van der Waals surface area contributed by atoms with Crippen molar-refractivity contribution >= 4 is 17.5 Å². The molecule has 2 rings (SSSR count). The highest BCUT2D eigenvalue weighted by Gasteiger charge is 2.13. The van der Waals surface area contributed by atoms with Crippen molar-refractivity contribution < 1.29 is 13.9 Å². The average Bonchev–Trinajstić information content (AvgIpc) is 2.94. The van der Waals surface area contributed by atoms with Crippen LogP contribution in [-0.2, 0) is 6.54 Å². The molecule has 0 bridgehead atoms. The Labute approximate surface area is 128 Å². The van der Waals surface area contributed by atoms with Crippen LogP contribution in [0.5, 0.6) is 5.75 Å². The minimum atomic E-state index is -0.578. The molecule has 1 heterocycles. The Morgan fingerprint density at radius 1 is 1.43 bits per heavy atom. The fourth-order valence-corrected chi connectivity index (χ4v) is 2.19. The lowest BCUT2D eigenvalue weighted by Crippen LogP contribution is -2.18. The summed E-state index contributed by atoms with van der Waals surface area (Å²) < 4.78 is 10.6. The fraction of sp³-hybridized carbons (Fsp3) is 0.267. The van der Waals surface area contributed by atoms with Gasteiger partial charge in [-0.3, -0.25) is 4.79 Å². The summed E-state index contributed by atoms with van der Waals surface area (Å²) in [6.07, 6.45) is 0. The molecule has 2 aromatic rings. The summed E-state index contributed by atoms with van der Waals surface area (Å²) in [4.78, 5) is 11.0. The quantitative estimate of drug-likeness (QED) is 0.860. The molecule has 0 aliphatic heterocycles. The molecule has 1 atom stereocenters. The maximum absolute atomic E-state index is 11.0. The minimum absolute atomic E-state index is 0.000720. The third-order valence-corrected chi connectivity index (χ3v) is 3.38. The van der Waals surface area contributed by atoms with Crippen LogP contribution in [0.2, 0.25) is 5.02 Å². The third-order valence-electron chi connectivity index (χ3n) is 3.15. The number of nitrogens with two attached hydrogens (primary N) is 1. The van der Waals surface area contributed by atoms with Gasteiger partial charge in [0.1, 0.15) is 11.5 Å². The van der Waals surface area contributed by atoms with Gasteiger partial charge in [0.15, 0.2) is 5.76 Å². The van der Waals surface area contributed by atoms with Crippen LogP contribution in [0.1, 0.15) is 34.8 Å². The summed E-state index contributed by atoms with van der Waals surface area (Å²) in [7, 11) is 1.62. The molecule has 112 valence electrons. The number of halogens is 1. The van der Waals surface area contributed by atoms with Crippen LogP contribution in [-0.4, -0.2) is 13.0 Å². The molecule has 0 fully saturated rings. The molecule has 0 aliphatic rings. The number of furan rings is 1. The summed E-state index contributed by atoms with van der Waals surface area (Å²) in [6.45, 7) is 2.45. The van der Waals surface area contributed by atoms with Gasteiger partial charge in [-0.15, -0.1) is 0 Å². The average molecular weight is 309 g/mol. The monoisotopic (exact) mass is 308 g/mol. The van der Waals surface area contributed by atoms with Gasteiger partial charge in [-0.1, -0.05) is 11.6 Å². The van der Waals surface area contributed by atoms with E-state index >= 15 is 0 Å². The number of methoxy groups -OCH3 is 1. The van der Waals surface area contributed by atoms with Crippen LogP contribution in [0.25, 0.3) is 0 Å². The van der Waals surface area contributed by atoms with Crippen molar-refractivity contribution in [1.29, 1.82) is 0 Å². The van der Waals surface area contributed by atoms with E-state index in [9.17, 15) is 4.79 Å². The highest BCUT2D eigenvalue weighted by molar-refractivity contribution is 6.30. The highest BCUT2D eigenvalue weighted by atomic mass is 35.5. The van der Waals surface area contributed by atoms with E-state index in [1.54, 1.807) is 25.3 Å². The molecule has 0 saturated heterocycles. The van der Waals surface area contributed by atoms with Crippen molar-refractivity contribution in [2.45, 2.75) is 19.5 Å². The van der Waals surface area contributed by atoms with Gasteiger partial charge >= 0.3 is 0 Å². The molecule has 0 spiro atoms. The van der Waals surface area contributed by atoms with Crippen LogP contribution < -0.4 is 15.8 Å². The molecular formula is C15H17ClN2O3. The highest BCUT2D eigenvalue weighted by Crippen LogP contribution is 2.28. The first-order valence-corrected chi connectivity index (χ1v) is 6.84. The summed E-state index contributed by atoms with van der Waals surface area (Å²) in [5.41, 5.74) is 6.09. The van der Waals surface area contributed by atoms with E-state index in [0.29, 0.717) is 17.3 Å². The molecule has 1 aromatic heterocycles. The number of hydrogen-bond donors (Lipinski definition) is 2. The van der Waals surface area contributed by atoms with E-state index in [4.69, 9.17) is 26.5 Å². The number of ether oxygens (including phenoxy) is 1. The lowest BCUT2D eigenvalue weighted by atomic mass is 10.1. The number of hydrogen-bond acceptors (Lipinski definition) is 4. The Hall–Kier alpha value is -1.98. The topological polar surface area (TPSA) is 77.5 Å².